The summed E-state index contributed by atoms with van der Waals surface area (Å²) in [5.41, 5.74) is 0.856. The van der Waals surface area contributed by atoms with Gasteiger partial charge in [-0.25, -0.2) is 4.79 Å². The van der Waals surface area contributed by atoms with E-state index in [2.05, 4.69) is 0 Å². The second-order valence-electron chi connectivity index (χ2n) is 6.02. The van der Waals surface area contributed by atoms with Crippen molar-refractivity contribution in [3.8, 4) is 0 Å². The number of rotatable bonds is 3. The Labute approximate surface area is 118 Å². The molecule has 0 radical (unpaired) electrons. The standard InChI is InChI=1S/C16H19NO3/c18-10-13-6-8-16(9-7-13)11-17(12-16)20-15(19)14-4-2-1-3-5-14/h1-5,10,13H,6-9,11-12H2. The zero-order valence-corrected chi connectivity index (χ0v) is 11.5. The van der Waals surface area contributed by atoms with Crippen LogP contribution < -0.4 is 0 Å². The number of aldehydes is 1. The minimum Gasteiger partial charge on any atom is -0.364 e. The molecule has 0 unspecified atom stereocenters. The molecule has 0 bridgehead atoms. The topological polar surface area (TPSA) is 46.6 Å². The predicted molar refractivity (Wildman–Crippen MR) is 73.9 cm³/mol. The maximum Gasteiger partial charge on any atom is 0.357 e. The molecule has 1 aromatic rings. The van der Waals surface area contributed by atoms with E-state index in [4.69, 9.17) is 4.84 Å². The molecule has 1 spiro atoms. The van der Waals surface area contributed by atoms with Crippen molar-refractivity contribution in [2.75, 3.05) is 13.1 Å². The van der Waals surface area contributed by atoms with Gasteiger partial charge >= 0.3 is 5.97 Å². The summed E-state index contributed by atoms with van der Waals surface area (Å²) in [6.07, 6.45) is 5.16. The average Bonchev–Trinajstić information content (AvgIpc) is 2.47. The predicted octanol–water partition coefficient (Wildman–Crippen LogP) is 2.45. The van der Waals surface area contributed by atoms with Crippen molar-refractivity contribution in [2.24, 2.45) is 11.3 Å². The van der Waals surface area contributed by atoms with Crippen LogP contribution in [0.1, 0.15) is 36.0 Å². The van der Waals surface area contributed by atoms with E-state index in [0.29, 0.717) is 5.56 Å². The number of hydrogen-bond acceptors (Lipinski definition) is 4. The summed E-state index contributed by atoms with van der Waals surface area (Å²) in [5.74, 6) is -0.0522. The number of hydroxylamine groups is 2. The van der Waals surface area contributed by atoms with Gasteiger partial charge in [-0.1, -0.05) is 18.2 Å². The molecule has 3 rings (SSSR count). The van der Waals surface area contributed by atoms with Crippen LogP contribution in [0.15, 0.2) is 30.3 Å². The molecule has 1 aliphatic heterocycles. The van der Waals surface area contributed by atoms with Gasteiger partial charge in [0.15, 0.2) is 0 Å². The summed E-state index contributed by atoms with van der Waals surface area (Å²) in [6.45, 7) is 1.61. The Kier molecular flexibility index (Phi) is 3.57. The highest BCUT2D eigenvalue weighted by atomic mass is 16.7. The molecule has 0 N–H and O–H groups in total. The first kappa shape index (κ1) is 13.3. The number of benzene rings is 1. The fourth-order valence-electron chi connectivity index (χ4n) is 3.22. The molecule has 1 saturated carbocycles. The van der Waals surface area contributed by atoms with Crippen LogP contribution in [-0.2, 0) is 9.63 Å². The van der Waals surface area contributed by atoms with E-state index in [-0.39, 0.29) is 17.3 Å². The second-order valence-corrected chi connectivity index (χ2v) is 6.02. The van der Waals surface area contributed by atoms with Gasteiger partial charge in [-0.05, 0) is 37.8 Å². The number of hydrogen-bond donors (Lipinski definition) is 0. The SMILES string of the molecule is O=CC1CCC2(CC1)CN(OC(=O)c1ccccc1)C2. The maximum absolute atomic E-state index is 11.9. The minimum atomic E-state index is -0.290. The van der Waals surface area contributed by atoms with Crippen LogP contribution in [0, 0.1) is 11.3 Å². The second kappa shape index (κ2) is 5.37. The highest BCUT2D eigenvalue weighted by molar-refractivity contribution is 5.89. The highest BCUT2D eigenvalue weighted by Gasteiger charge is 2.46. The Morgan fingerprint density at radius 3 is 2.45 bits per heavy atom. The Morgan fingerprint density at radius 1 is 1.20 bits per heavy atom. The number of carbonyl (C=O) groups is 2. The van der Waals surface area contributed by atoms with Crippen LogP contribution in [0.5, 0.6) is 0 Å². The van der Waals surface area contributed by atoms with Crippen molar-refractivity contribution < 1.29 is 14.4 Å². The molecular formula is C16H19NO3. The molecule has 1 heterocycles. The summed E-state index contributed by atoms with van der Waals surface area (Å²) in [4.78, 5) is 28.0. The molecule has 2 aliphatic rings. The van der Waals surface area contributed by atoms with E-state index >= 15 is 0 Å². The van der Waals surface area contributed by atoms with E-state index in [1.165, 1.54) is 0 Å². The van der Waals surface area contributed by atoms with Gasteiger partial charge in [-0.15, -0.1) is 5.06 Å². The van der Waals surface area contributed by atoms with Crippen molar-refractivity contribution in [1.82, 2.24) is 5.06 Å². The van der Waals surface area contributed by atoms with E-state index < -0.39 is 0 Å². The van der Waals surface area contributed by atoms with Gasteiger partial charge in [0, 0.05) is 24.4 Å². The quantitative estimate of drug-likeness (QED) is 0.794. The summed E-state index contributed by atoms with van der Waals surface area (Å²) in [7, 11) is 0. The van der Waals surface area contributed by atoms with Crippen molar-refractivity contribution in [2.45, 2.75) is 25.7 Å². The maximum atomic E-state index is 11.9. The van der Waals surface area contributed by atoms with Crippen LogP contribution in [0.25, 0.3) is 0 Å². The van der Waals surface area contributed by atoms with Gasteiger partial charge < -0.3 is 9.63 Å². The van der Waals surface area contributed by atoms with Gasteiger partial charge in [-0.3, -0.25) is 0 Å². The largest absolute Gasteiger partial charge is 0.364 e. The summed E-state index contributed by atoms with van der Waals surface area (Å²) >= 11 is 0. The van der Waals surface area contributed by atoms with Gasteiger partial charge in [0.05, 0.1) is 5.56 Å². The third kappa shape index (κ3) is 2.61. The van der Waals surface area contributed by atoms with Gasteiger partial charge in [-0.2, -0.15) is 0 Å². The minimum absolute atomic E-state index is 0.238. The summed E-state index contributed by atoms with van der Waals surface area (Å²) in [6, 6.07) is 9.05. The third-order valence-electron chi connectivity index (χ3n) is 4.53. The third-order valence-corrected chi connectivity index (χ3v) is 4.53. The molecule has 0 aromatic heterocycles. The Bertz CT molecular complexity index is 484. The smallest absolute Gasteiger partial charge is 0.357 e. The first-order chi connectivity index (χ1) is 9.71. The van der Waals surface area contributed by atoms with Crippen LogP contribution in [-0.4, -0.2) is 30.4 Å². The molecule has 0 atom stereocenters. The van der Waals surface area contributed by atoms with E-state index in [1.807, 2.05) is 18.2 Å². The molecular weight excluding hydrogens is 254 g/mol. The van der Waals surface area contributed by atoms with Crippen molar-refractivity contribution in [3.05, 3.63) is 35.9 Å². The fourth-order valence-corrected chi connectivity index (χ4v) is 3.22. The Morgan fingerprint density at radius 2 is 1.85 bits per heavy atom. The molecule has 4 heteroatoms. The van der Waals surface area contributed by atoms with Crippen LogP contribution >= 0.6 is 0 Å². The molecule has 2 fully saturated rings. The van der Waals surface area contributed by atoms with E-state index in [9.17, 15) is 9.59 Å². The monoisotopic (exact) mass is 273 g/mol. The number of nitrogens with zero attached hydrogens (tertiary/aromatic N) is 1. The molecule has 106 valence electrons. The molecule has 20 heavy (non-hydrogen) atoms. The van der Waals surface area contributed by atoms with Gasteiger partial charge in [0.1, 0.15) is 6.29 Å². The van der Waals surface area contributed by atoms with Gasteiger partial charge in [0.25, 0.3) is 0 Å². The molecule has 1 aromatic carbocycles. The summed E-state index contributed by atoms with van der Waals surface area (Å²) in [5, 5.41) is 1.75. The zero-order valence-electron chi connectivity index (χ0n) is 11.5. The first-order valence-electron chi connectivity index (χ1n) is 7.18. The Balaban J connectivity index is 1.49. The fraction of sp³-hybridized carbons (Fsp3) is 0.500. The Hall–Kier alpha value is -1.68. The average molecular weight is 273 g/mol. The lowest BCUT2D eigenvalue weighted by molar-refractivity contribution is -0.218. The molecule has 0 amide bonds. The van der Waals surface area contributed by atoms with Crippen LogP contribution in [0.3, 0.4) is 0 Å². The first-order valence-corrected chi connectivity index (χ1v) is 7.18. The van der Waals surface area contributed by atoms with Crippen molar-refractivity contribution in [1.29, 1.82) is 0 Å². The van der Waals surface area contributed by atoms with Gasteiger partial charge in [0.2, 0.25) is 0 Å². The van der Waals surface area contributed by atoms with Crippen LogP contribution in [0.2, 0.25) is 0 Å². The molecule has 1 saturated heterocycles. The number of carbonyl (C=O) groups excluding carboxylic acids is 2. The van der Waals surface area contributed by atoms with E-state index in [0.717, 1.165) is 45.1 Å². The lowest BCUT2D eigenvalue weighted by Crippen LogP contribution is -2.57. The zero-order chi connectivity index (χ0) is 14.0. The van der Waals surface area contributed by atoms with Crippen LogP contribution in [0.4, 0.5) is 0 Å². The lowest BCUT2D eigenvalue weighted by atomic mass is 9.67. The normalized spacial score (nSPS) is 22.2. The highest BCUT2D eigenvalue weighted by Crippen LogP contribution is 2.45. The molecule has 1 aliphatic carbocycles. The molecule has 4 nitrogen and oxygen atoms in total. The van der Waals surface area contributed by atoms with E-state index in [1.54, 1.807) is 17.2 Å². The summed E-state index contributed by atoms with van der Waals surface area (Å²) < 4.78 is 0. The van der Waals surface area contributed by atoms with Crippen molar-refractivity contribution >= 4 is 12.3 Å². The lowest BCUT2D eigenvalue weighted by Gasteiger charge is -2.51. The van der Waals surface area contributed by atoms with Crippen molar-refractivity contribution in [3.63, 3.8) is 0 Å².